The van der Waals surface area contributed by atoms with Crippen LogP contribution in [0.4, 0.5) is 13.2 Å². The van der Waals surface area contributed by atoms with Crippen molar-refractivity contribution in [2.24, 2.45) is 0 Å². The Kier molecular flexibility index (Phi) is 6.53. The van der Waals surface area contributed by atoms with E-state index in [1.54, 1.807) is 7.11 Å². The van der Waals surface area contributed by atoms with Gasteiger partial charge in [-0.3, -0.25) is 0 Å². The van der Waals surface area contributed by atoms with Gasteiger partial charge in [0.2, 0.25) is 0 Å². The summed E-state index contributed by atoms with van der Waals surface area (Å²) in [5.41, 5.74) is 0.902. The third-order valence-electron chi connectivity index (χ3n) is 3.08. The van der Waals surface area contributed by atoms with Crippen molar-refractivity contribution in [3.8, 4) is 5.75 Å². The van der Waals surface area contributed by atoms with E-state index in [0.29, 0.717) is 12.2 Å². The molecule has 1 nitrogen and oxygen atoms in total. The molecule has 4 heteroatoms. The number of ether oxygens (including phenoxy) is 1. The highest BCUT2D eigenvalue weighted by atomic mass is 19.4. The molecule has 0 atom stereocenters. The summed E-state index contributed by atoms with van der Waals surface area (Å²) in [4.78, 5) is 0. The Bertz CT molecular complexity index is 556. The van der Waals surface area contributed by atoms with Gasteiger partial charge in [-0.15, -0.1) is 0 Å². The molecular weight excluding hydrogens is 277 g/mol. The van der Waals surface area contributed by atoms with E-state index in [1.807, 2.05) is 50.2 Å². The molecule has 0 fully saturated rings. The monoisotopic (exact) mass is 298 g/mol. The molecule has 0 aromatic heterocycles. The van der Waals surface area contributed by atoms with E-state index < -0.39 is 12.6 Å². The number of fused-ring (bicyclic) bond motifs is 1. The van der Waals surface area contributed by atoms with Crippen LogP contribution in [0.1, 0.15) is 32.3 Å². The summed E-state index contributed by atoms with van der Waals surface area (Å²) in [6.45, 7) is 4.00. The average molecular weight is 298 g/mol. The van der Waals surface area contributed by atoms with Crippen LogP contribution in [0.3, 0.4) is 0 Å². The molecule has 0 amide bonds. The molecule has 0 N–H and O–H groups in total. The number of hydrogen-bond donors (Lipinski definition) is 0. The fourth-order valence-corrected chi connectivity index (χ4v) is 2.24. The van der Waals surface area contributed by atoms with Gasteiger partial charge in [-0.1, -0.05) is 44.2 Å². The van der Waals surface area contributed by atoms with E-state index >= 15 is 0 Å². The van der Waals surface area contributed by atoms with Gasteiger partial charge in [-0.2, -0.15) is 13.2 Å². The standard InChI is InChI=1S/C15H15F3O.C2H6/c1-19-13-9-3-7-11-5-2-6-12(14(11)13)8-4-10-15(16,17)18;1-2/h2-3,5-7,9H,4,8,10H2,1H3;1-2H3. The highest BCUT2D eigenvalue weighted by molar-refractivity contribution is 5.91. The Morgan fingerprint density at radius 3 is 2.19 bits per heavy atom. The zero-order valence-corrected chi connectivity index (χ0v) is 12.6. The van der Waals surface area contributed by atoms with Gasteiger partial charge in [-0.25, -0.2) is 0 Å². The van der Waals surface area contributed by atoms with Gasteiger partial charge in [0.25, 0.3) is 0 Å². The van der Waals surface area contributed by atoms with Crippen molar-refractivity contribution in [1.82, 2.24) is 0 Å². The van der Waals surface area contributed by atoms with Crippen LogP contribution in [0, 0.1) is 0 Å². The molecule has 0 saturated heterocycles. The van der Waals surface area contributed by atoms with Crippen molar-refractivity contribution in [1.29, 1.82) is 0 Å². The summed E-state index contributed by atoms with van der Waals surface area (Å²) < 4.78 is 41.9. The van der Waals surface area contributed by atoms with Gasteiger partial charge >= 0.3 is 6.18 Å². The van der Waals surface area contributed by atoms with Crippen molar-refractivity contribution in [3.05, 3.63) is 42.0 Å². The summed E-state index contributed by atoms with van der Waals surface area (Å²) in [5, 5.41) is 1.90. The summed E-state index contributed by atoms with van der Waals surface area (Å²) in [6, 6.07) is 11.3. The first-order chi connectivity index (χ1) is 10.0. The van der Waals surface area contributed by atoms with Crippen LogP contribution in [0.25, 0.3) is 10.8 Å². The molecule has 0 aliphatic rings. The maximum absolute atomic E-state index is 12.2. The smallest absolute Gasteiger partial charge is 0.389 e. The van der Waals surface area contributed by atoms with Gasteiger partial charge in [0, 0.05) is 11.8 Å². The number of rotatable bonds is 4. The second-order valence-electron chi connectivity index (χ2n) is 4.44. The van der Waals surface area contributed by atoms with Crippen LogP contribution in [-0.4, -0.2) is 13.3 Å². The number of hydrogen-bond acceptors (Lipinski definition) is 1. The first-order valence-corrected chi connectivity index (χ1v) is 7.12. The molecule has 21 heavy (non-hydrogen) atoms. The summed E-state index contributed by atoms with van der Waals surface area (Å²) in [5.74, 6) is 0.708. The number of halogens is 3. The largest absolute Gasteiger partial charge is 0.496 e. The van der Waals surface area contributed by atoms with Crippen LogP contribution in [-0.2, 0) is 6.42 Å². The number of aryl methyl sites for hydroxylation is 1. The maximum atomic E-state index is 12.2. The van der Waals surface area contributed by atoms with Crippen molar-refractivity contribution in [2.75, 3.05) is 7.11 Å². The molecule has 0 heterocycles. The normalized spacial score (nSPS) is 11.0. The zero-order chi connectivity index (χ0) is 15.9. The van der Waals surface area contributed by atoms with Crippen molar-refractivity contribution < 1.29 is 17.9 Å². The highest BCUT2D eigenvalue weighted by Crippen LogP contribution is 2.30. The molecule has 0 aliphatic heterocycles. The van der Waals surface area contributed by atoms with E-state index in [1.165, 1.54) is 0 Å². The Balaban J connectivity index is 0.00000106. The molecular formula is C17H21F3O. The molecule has 0 aliphatic carbocycles. The second-order valence-corrected chi connectivity index (χ2v) is 4.44. The molecule has 2 aromatic rings. The van der Waals surface area contributed by atoms with Crippen molar-refractivity contribution in [3.63, 3.8) is 0 Å². The van der Waals surface area contributed by atoms with Crippen LogP contribution >= 0.6 is 0 Å². The lowest BCUT2D eigenvalue weighted by atomic mass is 9.99. The third-order valence-corrected chi connectivity index (χ3v) is 3.08. The van der Waals surface area contributed by atoms with Crippen LogP contribution in [0.2, 0.25) is 0 Å². The lowest BCUT2D eigenvalue weighted by Crippen LogP contribution is -2.07. The van der Waals surface area contributed by atoms with Crippen LogP contribution in [0.5, 0.6) is 5.75 Å². The fourth-order valence-electron chi connectivity index (χ4n) is 2.24. The van der Waals surface area contributed by atoms with Gasteiger partial charge < -0.3 is 4.74 Å². The van der Waals surface area contributed by atoms with E-state index in [-0.39, 0.29) is 6.42 Å². The SMILES string of the molecule is CC.COc1cccc2cccc(CCCC(F)(F)F)c12. The number of benzene rings is 2. The predicted molar refractivity (Wildman–Crippen MR) is 80.8 cm³/mol. The predicted octanol–water partition coefficient (Wildman–Crippen LogP) is 5.76. The van der Waals surface area contributed by atoms with E-state index in [0.717, 1.165) is 16.3 Å². The lowest BCUT2D eigenvalue weighted by Gasteiger charge is -2.11. The molecule has 2 rings (SSSR count). The van der Waals surface area contributed by atoms with E-state index in [4.69, 9.17) is 4.74 Å². The van der Waals surface area contributed by atoms with Gasteiger partial charge in [-0.05, 0) is 29.9 Å². The summed E-state index contributed by atoms with van der Waals surface area (Å²) in [6.07, 6.45) is -4.34. The minimum Gasteiger partial charge on any atom is -0.496 e. The Morgan fingerprint density at radius 2 is 1.62 bits per heavy atom. The molecule has 0 unspecified atom stereocenters. The molecule has 0 bridgehead atoms. The highest BCUT2D eigenvalue weighted by Gasteiger charge is 2.26. The molecule has 0 radical (unpaired) electrons. The maximum Gasteiger partial charge on any atom is 0.389 e. The minimum absolute atomic E-state index is 0.0979. The number of methoxy groups -OCH3 is 1. The zero-order valence-electron chi connectivity index (χ0n) is 12.6. The molecule has 116 valence electrons. The average Bonchev–Trinajstić information content (AvgIpc) is 2.47. The molecule has 0 spiro atoms. The second kappa shape index (κ2) is 7.91. The topological polar surface area (TPSA) is 9.23 Å². The third kappa shape index (κ3) is 4.96. The first-order valence-electron chi connectivity index (χ1n) is 7.12. The van der Waals surface area contributed by atoms with Crippen molar-refractivity contribution >= 4 is 10.8 Å². The quantitative estimate of drug-likeness (QED) is 0.697. The fraction of sp³-hybridized carbons (Fsp3) is 0.412. The van der Waals surface area contributed by atoms with E-state index in [9.17, 15) is 13.2 Å². The summed E-state index contributed by atoms with van der Waals surface area (Å²) in [7, 11) is 1.57. The number of alkyl halides is 3. The summed E-state index contributed by atoms with van der Waals surface area (Å²) >= 11 is 0. The minimum atomic E-state index is -4.09. The first kappa shape index (κ1) is 17.3. The Labute approximate surface area is 123 Å². The van der Waals surface area contributed by atoms with Crippen LogP contribution < -0.4 is 4.74 Å². The molecule has 0 saturated carbocycles. The lowest BCUT2D eigenvalue weighted by molar-refractivity contribution is -0.135. The van der Waals surface area contributed by atoms with E-state index in [2.05, 4.69) is 0 Å². The Hall–Kier alpha value is -1.71. The van der Waals surface area contributed by atoms with Crippen LogP contribution in [0.15, 0.2) is 36.4 Å². The van der Waals surface area contributed by atoms with Gasteiger partial charge in [0.15, 0.2) is 0 Å². The van der Waals surface area contributed by atoms with Gasteiger partial charge in [0.1, 0.15) is 5.75 Å². The molecule has 2 aromatic carbocycles. The van der Waals surface area contributed by atoms with Crippen molar-refractivity contribution in [2.45, 2.75) is 39.3 Å². The van der Waals surface area contributed by atoms with Gasteiger partial charge in [0.05, 0.1) is 7.11 Å². The Morgan fingerprint density at radius 1 is 1.00 bits per heavy atom.